The van der Waals surface area contributed by atoms with E-state index in [4.69, 9.17) is 0 Å². The number of halogens is 1. The normalized spacial score (nSPS) is 15.2. The molecule has 2 N–H and O–H groups in total. The summed E-state index contributed by atoms with van der Waals surface area (Å²) >= 11 is 0. The van der Waals surface area contributed by atoms with Gasteiger partial charge in [-0.3, -0.25) is 9.89 Å². The Morgan fingerprint density at radius 1 is 1.16 bits per heavy atom. The van der Waals surface area contributed by atoms with Gasteiger partial charge in [0, 0.05) is 38.8 Å². The number of β-amino-alcohol motifs (C(OH)–C–C–N with tert-alkyl or cyclic N) is 1. The summed E-state index contributed by atoms with van der Waals surface area (Å²) in [6.07, 6.45) is 1.30. The first-order valence-electron chi connectivity index (χ1n) is 10.5. The minimum Gasteiger partial charge on any atom is -0.390 e. The van der Waals surface area contributed by atoms with Crippen molar-refractivity contribution in [3.05, 3.63) is 77.2 Å². The molecular formula is C24H27FN4O2. The van der Waals surface area contributed by atoms with Crippen molar-refractivity contribution in [3.63, 3.8) is 0 Å². The minimum atomic E-state index is -0.644. The van der Waals surface area contributed by atoms with E-state index in [0.717, 1.165) is 31.5 Å². The summed E-state index contributed by atoms with van der Waals surface area (Å²) < 4.78 is 13.1. The average Bonchev–Trinajstić information content (AvgIpc) is 3.17. The van der Waals surface area contributed by atoms with Crippen molar-refractivity contribution < 1.29 is 14.3 Å². The summed E-state index contributed by atoms with van der Waals surface area (Å²) in [4.78, 5) is 16.5. The fourth-order valence-electron chi connectivity index (χ4n) is 4.06. The van der Waals surface area contributed by atoms with Crippen molar-refractivity contribution in [1.82, 2.24) is 20.0 Å². The van der Waals surface area contributed by atoms with Crippen LogP contribution in [0.5, 0.6) is 0 Å². The highest BCUT2D eigenvalue weighted by Gasteiger charge is 2.21. The molecule has 0 fully saturated rings. The third kappa shape index (κ3) is 5.18. The predicted molar refractivity (Wildman–Crippen MR) is 117 cm³/mol. The van der Waals surface area contributed by atoms with Gasteiger partial charge in [-0.15, -0.1) is 0 Å². The molecule has 2 heterocycles. The number of aliphatic hydroxyl groups excluding tert-OH is 1. The van der Waals surface area contributed by atoms with Gasteiger partial charge in [0.05, 0.1) is 11.8 Å². The summed E-state index contributed by atoms with van der Waals surface area (Å²) in [5.74, 6) is -0.569. The van der Waals surface area contributed by atoms with Gasteiger partial charge in [-0.25, -0.2) is 4.39 Å². The molecule has 1 aliphatic rings. The Hall–Kier alpha value is -3.03. The van der Waals surface area contributed by atoms with Crippen LogP contribution in [-0.4, -0.2) is 70.3 Å². The number of fused-ring (bicyclic) bond motifs is 1. The lowest BCUT2D eigenvalue weighted by atomic mass is 10.0. The van der Waals surface area contributed by atoms with Gasteiger partial charge >= 0.3 is 0 Å². The number of benzene rings is 2. The molecule has 0 bridgehead atoms. The molecule has 7 heteroatoms. The predicted octanol–water partition coefficient (Wildman–Crippen LogP) is 2.75. The van der Waals surface area contributed by atoms with Crippen molar-refractivity contribution in [2.24, 2.45) is 0 Å². The quantitative estimate of drug-likeness (QED) is 0.641. The maximum Gasteiger partial charge on any atom is 0.271 e. The van der Waals surface area contributed by atoms with Crippen LogP contribution in [0.3, 0.4) is 0 Å². The van der Waals surface area contributed by atoms with E-state index in [2.05, 4.69) is 39.4 Å². The second-order valence-corrected chi connectivity index (χ2v) is 8.08. The molecule has 6 nitrogen and oxygen atoms in total. The number of hydrogen-bond donors (Lipinski definition) is 2. The highest BCUT2D eigenvalue weighted by molar-refractivity contribution is 5.93. The molecule has 1 amide bonds. The fraction of sp³-hybridized carbons (Fsp3) is 0.333. The van der Waals surface area contributed by atoms with Crippen LogP contribution in [0.15, 0.2) is 54.6 Å². The topological polar surface area (TPSA) is 72.5 Å². The monoisotopic (exact) mass is 422 g/mol. The van der Waals surface area contributed by atoms with Gasteiger partial charge in [0.1, 0.15) is 11.5 Å². The highest BCUT2D eigenvalue weighted by Crippen LogP contribution is 2.19. The molecule has 0 radical (unpaired) electrons. The summed E-state index contributed by atoms with van der Waals surface area (Å²) in [5.41, 5.74) is 4.38. The second kappa shape index (κ2) is 9.41. The Morgan fingerprint density at radius 2 is 1.81 bits per heavy atom. The second-order valence-electron chi connectivity index (χ2n) is 8.08. The van der Waals surface area contributed by atoms with Gasteiger partial charge in [0.2, 0.25) is 0 Å². The zero-order valence-corrected chi connectivity index (χ0v) is 17.6. The Labute approximate surface area is 181 Å². The average molecular weight is 423 g/mol. The molecule has 3 aromatic rings. The van der Waals surface area contributed by atoms with Crippen molar-refractivity contribution in [2.75, 3.05) is 33.2 Å². The Kier molecular flexibility index (Phi) is 6.44. The van der Waals surface area contributed by atoms with Crippen LogP contribution in [0, 0.1) is 5.82 Å². The lowest BCUT2D eigenvalue weighted by Gasteiger charge is -2.26. The van der Waals surface area contributed by atoms with E-state index < -0.39 is 6.10 Å². The molecule has 0 saturated heterocycles. The van der Waals surface area contributed by atoms with Crippen molar-refractivity contribution in [2.45, 2.75) is 18.9 Å². The maximum atomic E-state index is 13.1. The number of amides is 1. The van der Waals surface area contributed by atoms with Crippen LogP contribution >= 0.6 is 0 Å². The number of rotatable bonds is 6. The standard InChI is InChI=1S/C24H27FN4O2/c1-28(24(31)23-14-22(26-27-23)19-6-8-20(25)9-7-19)15-21(30)16-29-12-10-17-4-2-3-5-18(17)11-13-29/h2-9,14,21,30H,10-13,15-16H2,1H3,(H,26,27)/t21-/m1/s1. The summed E-state index contributed by atoms with van der Waals surface area (Å²) in [5, 5.41) is 17.5. The summed E-state index contributed by atoms with van der Waals surface area (Å²) in [6.45, 7) is 2.54. The molecule has 0 spiro atoms. The molecule has 1 aliphatic heterocycles. The van der Waals surface area contributed by atoms with Gasteiger partial charge in [-0.1, -0.05) is 24.3 Å². The molecule has 4 rings (SSSR count). The number of H-pyrrole nitrogens is 1. The van der Waals surface area contributed by atoms with Crippen LogP contribution in [0.4, 0.5) is 4.39 Å². The number of nitrogens with zero attached hydrogens (tertiary/aromatic N) is 3. The van der Waals surface area contributed by atoms with Gasteiger partial charge in [-0.2, -0.15) is 5.10 Å². The van der Waals surface area contributed by atoms with E-state index >= 15 is 0 Å². The van der Waals surface area contributed by atoms with Crippen LogP contribution < -0.4 is 0 Å². The lowest BCUT2D eigenvalue weighted by molar-refractivity contribution is 0.0587. The number of carbonyl (C=O) groups is 1. The van der Waals surface area contributed by atoms with E-state index in [-0.39, 0.29) is 18.3 Å². The van der Waals surface area contributed by atoms with E-state index in [1.165, 1.54) is 28.2 Å². The fourth-order valence-corrected chi connectivity index (χ4v) is 4.06. The zero-order valence-electron chi connectivity index (χ0n) is 17.6. The van der Waals surface area contributed by atoms with Crippen LogP contribution in [0.25, 0.3) is 11.3 Å². The van der Waals surface area contributed by atoms with Gasteiger partial charge in [0.15, 0.2) is 0 Å². The molecule has 31 heavy (non-hydrogen) atoms. The number of hydrogen-bond acceptors (Lipinski definition) is 4. The molecule has 2 aromatic carbocycles. The van der Waals surface area contributed by atoms with E-state index in [1.54, 1.807) is 25.2 Å². The molecular weight excluding hydrogens is 395 g/mol. The van der Waals surface area contributed by atoms with Crippen molar-refractivity contribution in [1.29, 1.82) is 0 Å². The van der Waals surface area contributed by atoms with E-state index in [1.807, 2.05) is 0 Å². The number of carbonyl (C=O) groups excluding carboxylic acids is 1. The van der Waals surface area contributed by atoms with Crippen LogP contribution in [0.2, 0.25) is 0 Å². The minimum absolute atomic E-state index is 0.229. The smallest absolute Gasteiger partial charge is 0.271 e. The molecule has 0 aliphatic carbocycles. The van der Waals surface area contributed by atoms with Crippen molar-refractivity contribution in [3.8, 4) is 11.3 Å². The third-order valence-corrected chi connectivity index (χ3v) is 5.76. The summed E-state index contributed by atoms with van der Waals surface area (Å²) in [6, 6.07) is 16.1. The van der Waals surface area contributed by atoms with Gasteiger partial charge < -0.3 is 14.9 Å². The molecule has 1 atom stereocenters. The molecule has 162 valence electrons. The zero-order chi connectivity index (χ0) is 21.8. The first kappa shape index (κ1) is 21.2. The number of aliphatic hydroxyl groups is 1. The van der Waals surface area contributed by atoms with E-state index in [9.17, 15) is 14.3 Å². The molecule has 1 aromatic heterocycles. The van der Waals surface area contributed by atoms with Crippen LogP contribution in [0.1, 0.15) is 21.6 Å². The van der Waals surface area contributed by atoms with Gasteiger partial charge in [-0.05, 0) is 54.3 Å². The number of aromatic amines is 1. The molecule has 0 saturated carbocycles. The van der Waals surface area contributed by atoms with Crippen molar-refractivity contribution >= 4 is 5.91 Å². The highest BCUT2D eigenvalue weighted by atomic mass is 19.1. The first-order chi connectivity index (χ1) is 15.0. The Bertz CT molecular complexity index is 1010. The SMILES string of the molecule is CN(C[C@@H](O)CN1CCc2ccccc2CC1)C(=O)c1cc(-c2ccc(F)cc2)n[nH]1. The lowest BCUT2D eigenvalue weighted by Crippen LogP contribution is -2.42. The maximum absolute atomic E-state index is 13.1. The number of aromatic nitrogens is 2. The third-order valence-electron chi connectivity index (χ3n) is 5.76. The Balaban J connectivity index is 1.31. The number of nitrogens with one attached hydrogen (secondary N) is 1. The van der Waals surface area contributed by atoms with Gasteiger partial charge in [0.25, 0.3) is 5.91 Å². The largest absolute Gasteiger partial charge is 0.390 e. The molecule has 0 unspecified atom stereocenters. The first-order valence-corrected chi connectivity index (χ1v) is 10.5. The van der Waals surface area contributed by atoms with E-state index in [0.29, 0.717) is 17.9 Å². The summed E-state index contributed by atoms with van der Waals surface area (Å²) in [7, 11) is 1.67. The Morgan fingerprint density at radius 3 is 2.45 bits per heavy atom. The number of likely N-dealkylation sites (N-methyl/N-ethyl adjacent to an activating group) is 1. The van der Waals surface area contributed by atoms with Crippen LogP contribution in [-0.2, 0) is 12.8 Å².